The van der Waals surface area contributed by atoms with Crippen LogP contribution >= 0.6 is 0 Å². The summed E-state index contributed by atoms with van der Waals surface area (Å²) in [5, 5.41) is 0. The molecule has 2 rings (SSSR count). The fourth-order valence-corrected chi connectivity index (χ4v) is 1.75. The van der Waals surface area contributed by atoms with E-state index in [0.717, 1.165) is 11.1 Å². The molecule has 6 nitrogen and oxygen atoms in total. The summed E-state index contributed by atoms with van der Waals surface area (Å²) in [4.78, 5) is 7.94. The molecule has 0 bridgehead atoms. The Morgan fingerprint density at radius 3 is 1.10 bits per heavy atom. The van der Waals surface area contributed by atoms with Crippen molar-refractivity contribution in [2.75, 3.05) is 0 Å². The first-order valence-electron chi connectivity index (χ1n) is 5.94. The van der Waals surface area contributed by atoms with Crippen molar-refractivity contribution in [1.82, 2.24) is 0 Å². The lowest BCUT2D eigenvalue weighted by molar-refractivity contribution is 1.41. The van der Waals surface area contributed by atoms with Gasteiger partial charge in [0.1, 0.15) is 0 Å². The van der Waals surface area contributed by atoms with Crippen molar-refractivity contribution in [1.29, 1.82) is 0 Å². The first-order chi connectivity index (χ1) is 9.54. The van der Waals surface area contributed by atoms with Gasteiger partial charge in [0, 0.05) is 0 Å². The average molecular weight is 268 g/mol. The average Bonchev–Trinajstić information content (AvgIpc) is 2.39. The topological polar surface area (TPSA) is 129 Å². The van der Waals surface area contributed by atoms with Crippen LogP contribution in [0.2, 0.25) is 0 Å². The quantitative estimate of drug-likeness (QED) is 0.491. The Morgan fingerprint density at radius 2 is 0.850 bits per heavy atom. The van der Waals surface area contributed by atoms with Crippen LogP contribution in [0.15, 0.2) is 58.5 Å². The van der Waals surface area contributed by atoms with Crippen LogP contribution in [0.5, 0.6) is 0 Å². The highest BCUT2D eigenvalue weighted by molar-refractivity contribution is 5.80. The molecule has 0 aromatic heterocycles. The zero-order chi connectivity index (χ0) is 14.5. The van der Waals surface area contributed by atoms with E-state index in [9.17, 15) is 0 Å². The van der Waals surface area contributed by atoms with Gasteiger partial charge in [-0.15, -0.1) is 0 Å². The summed E-state index contributed by atoms with van der Waals surface area (Å²) < 4.78 is 0. The van der Waals surface area contributed by atoms with Gasteiger partial charge in [0.25, 0.3) is 0 Å². The van der Waals surface area contributed by atoms with E-state index in [0.29, 0.717) is 11.4 Å². The van der Waals surface area contributed by atoms with Gasteiger partial charge >= 0.3 is 0 Å². The summed E-state index contributed by atoms with van der Waals surface area (Å²) in [5.74, 6) is 0.0821. The second kappa shape index (κ2) is 5.75. The first-order valence-corrected chi connectivity index (χ1v) is 5.94. The minimum absolute atomic E-state index is 0.0411. The summed E-state index contributed by atoms with van der Waals surface area (Å²) in [6.07, 6.45) is 0. The molecule has 0 aliphatic carbocycles. The molecular weight excluding hydrogens is 252 g/mol. The Morgan fingerprint density at radius 1 is 0.550 bits per heavy atom. The molecule has 0 saturated carbocycles. The molecular formula is C14H16N6. The van der Waals surface area contributed by atoms with Crippen molar-refractivity contribution in [3.05, 3.63) is 48.5 Å². The van der Waals surface area contributed by atoms with Crippen molar-refractivity contribution in [3.8, 4) is 11.1 Å². The maximum atomic E-state index is 5.32. The van der Waals surface area contributed by atoms with Crippen LogP contribution < -0.4 is 22.9 Å². The standard InChI is InChI=1S/C14H16N6/c15-13(16)19-11-5-1-9(2-6-11)10-3-7-12(8-4-10)20-14(17)18/h1-8H,(H4,15,16,19)(H4,17,18,20). The van der Waals surface area contributed by atoms with E-state index in [1.807, 2.05) is 48.5 Å². The third-order valence-electron chi connectivity index (χ3n) is 2.58. The largest absolute Gasteiger partial charge is 0.370 e. The van der Waals surface area contributed by atoms with Crippen LogP contribution in [0, 0.1) is 0 Å². The van der Waals surface area contributed by atoms with Gasteiger partial charge in [-0.2, -0.15) is 0 Å². The Labute approximate surface area is 116 Å². The van der Waals surface area contributed by atoms with Crippen LogP contribution in [-0.2, 0) is 0 Å². The lowest BCUT2D eigenvalue weighted by atomic mass is 10.1. The Bertz CT molecular complexity index is 573. The molecule has 20 heavy (non-hydrogen) atoms. The van der Waals surface area contributed by atoms with Gasteiger partial charge in [0.05, 0.1) is 11.4 Å². The summed E-state index contributed by atoms with van der Waals surface area (Å²) in [6, 6.07) is 15.2. The van der Waals surface area contributed by atoms with E-state index in [1.54, 1.807) is 0 Å². The molecule has 0 fully saturated rings. The monoisotopic (exact) mass is 268 g/mol. The van der Waals surface area contributed by atoms with Gasteiger partial charge in [0.2, 0.25) is 0 Å². The lowest BCUT2D eigenvalue weighted by Crippen LogP contribution is -2.21. The molecule has 8 N–H and O–H groups in total. The zero-order valence-electron chi connectivity index (χ0n) is 10.8. The molecule has 0 atom stereocenters. The van der Waals surface area contributed by atoms with Crippen LogP contribution in [0.4, 0.5) is 11.4 Å². The van der Waals surface area contributed by atoms with Crippen molar-refractivity contribution in [3.63, 3.8) is 0 Å². The Hall–Kier alpha value is -3.02. The summed E-state index contributed by atoms with van der Waals surface area (Å²) in [6.45, 7) is 0. The molecule has 0 amide bonds. The van der Waals surface area contributed by atoms with Crippen molar-refractivity contribution in [2.24, 2.45) is 32.9 Å². The summed E-state index contributed by atoms with van der Waals surface area (Å²) in [7, 11) is 0. The van der Waals surface area contributed by atoms with E-state index in [2.05, 4.69) is 9.98 Å². The third-order valence-corrected chi connectivity index (χ3v) is 2.58. The van der Waals surface area contributed by atoms with Gasteiger partial charge in [-0.3, -0.25) is 0 Å². The molecule has 0 unspecified atom stereocenters. The molecule has 0 heterocycles. The highest BCUT2D eigenvalue weighted by atomic mass is 15.0. The molecule has 6 heteroatoms. The van der Waals surface area contributed by atoms with Gasteiger partial charge in [-0.25, -0.2) is 9.98 Å². The lowest BCUT2D eigenvalue weighted by Gasteiger charge is -2.03. The smallest absolute Gasteiger partial charge is 0.191 e. The molecule has 0 aliphatic rings. The SMILES string of the molecule is NC(N)=Nc1ccc(-c2ccc(N=C(N)N)cc2)cc1. The van der Waals surface area contributed by atoms with E-state index in [4.69, 9.17) is 22.9 Å². The van der Waals surface area contributed by atoms with Gasteiger partial charge in [-0.05, 0) is 35.4 Å². The third kappa shape index (κ3) is 3.49. The van der Waals surface area contributed by atoms with Gasteiger partial charge in [0.15, 0.2) is 11.9 Å². The predicted molar refractivity (Wildman–Crippen MR) is 82.8 cm³/mol. The fraction of sp³-hybridized carbons (Fsp3) is 0. The highest BCUT2D eigenvalue weighted by Gasteiger charge is 1.99. The van der Waals surface area contributed by atoms with E-state index in [1.165, 1.54) is 0 Å². The summed E-state index contributed by atoms with van der Waals surface area (Å²) >= 11 is 0. The Kier molecular flexibility index (Phi) is 3.85. The number of rotatable bonds is 3. The molecule has 2 aromatic rings. The molecule has 2 aromatic carbocycles. The number of hydrogen-bond donors (Lipinski definition) is 4. The van der Waals surface area contributed by atoms with Gasteiger partial charge in [-0.1, -0.05) is 24.3 Å². The fourth-order valence-electron chi connectivity index (χ4n) is 1.75. The number of guanidine groups is 2. The number of benzene rings is 2. The van der Waals surface area contributed by atoms with Crippen molar-refractivity contribution in [2.45, 2.75) is 0 Å². The second-order valence-corrected chi connectivity index (χ2v) is 4.17. The van der Waals surface area contributed by atoms with Crippen LogP contribution in [0.1, 0.15) is 0 Å². The maximum Gasteiger partial charge on any atom is 0.191 e. The van der Waals surface area contributed by atoms with Crippen molar-refractivity contribution >= 4 is 23.3 Å². The highest BCUT2D eigenvalue weighted by Crippen LogP contribution is 2.24. The van der Waals surface area contributed by atoms with E-state index < -0.39 is 0 Å². The predicted octanol–water partition coefficient (Wildman–Crippen LogP) is 1.16. The van der Waals surface area contributed by atoms with Crippen LogP contribution in [-0.4, -0.2) is 11.9 Å². The zero-order valence-corrected chi connectivity index (χ0v) is 10.8. The molecule has 102 valence electrons. The maximum absolute atomic E-state index is 5.32. The van der Waals surface area contributed by atoms with Gasteiger partial charge < -0.3 is 22.9 Å². The molecule has 0 spiro atoms. The second-order valence-electron chi connectivity index (χ2n) is 4.17. The molecule has 0 saturated heterocycles. The number of hydrogen-bond acceptors (Lipinski definition) is 2. The Balaban J connectivity index is 2.24. The molecule has 0 aliphatic heterocycles. The van der Waals surface area contributed by atoms with Crippen molar-refractivity contribution < 1.29 is 0 Å². The first kappa shape index (κ1) is 13.4. The summed E-state index contributed by atoms with van der Waals surface area (Å²) in [5.41, 5.74) is 24.8. The minimum atomic E-state index is 0.0411. The number of nitrogens with two attached hydrogens (primary N) is 4. The normalized spacial score (nSPS) is 9.80. The van der Waals surface area contributed by atoms with Crippen LogP contribution in [0.3, 0.4) is 0 Å². The number of nitrogens with zero attached hydrogens (tertiary/aromatic N) is 2. The van der Waals surface area contributed by atoms with Crippen LogP contribution in [0.25, 0.3) is 11.1 Å². The number of aliphatic imine (C=N–C) groups is 2. The molecule has 0 radical (unpaired) electrons. The van der Waals surface area contributed by atoms with E-state index in [-0.39, 0.29) is 11.9 Å². The van der Waals surface area contributed by atoms with E-state index >= 15 is 0 Å². The minimum Gasteiger partial charge on any atom is -0.370 e.